The van der Waals surface area contributed by atoms with Crippen molar-refractivity contribution in [2.24, 2.45) is 7.05 Å². The van der Waals surface area contributed by atoms with E-state index in [1.54, 1.807) is 10.9 Å². The summed E-state index contributed by atoms with van der Waals surface area (Å²) in [7, 11) is 1.90. The monoisotopic (exact) mass is 367 g/mol. The van der Waals surface area contributed by atoms with E-state index in [9.17, 15) is 0 Å². The summed E-state index contributed by atoms with van der Waals surface area (Å²) < 4.78 is 1.78. The lowest BCUT2D eigenvalue weighted by atomic mass is 10.1. The normalized spacial score (nSPS) is 11.3. The molecular formula is C20H29N7. The van der Waals surface area contributed by atoms with E-state index in [0.29, 0.717) is 5.95 Å². The summed E-state index contributed by atoms with van der Waals surface area (Å²) in [6.07, 6.45) is 1.81. The van der Waals surface area contributed by atoms with Crippen LogP contribution in [0.5, 0.6) is 0 Å². The van der Waals surface area contributed by atoms with Crippen molar-refractivity contribution in [1.82, 2.24) is 24.6 Å². The molecule has 0 atom stereocenters. The molecule has 0 radical (unpaired) electrons. The van der Waals surface area contributed by atoms with Gasteiger partial charge >= 0.3 is 0 Å². The Kier molecular flexibility index (Phi) is 5.91. The molecule has 0 fully saturated rings. The predicted molar refractivity (Wildman–Crippen MR) is 112 cm³/mol. The van der Waals surface area contributed by atoms with Crippen molar-refractivity contribution in [3.05, 3.63) is 35.5 Å². The molecule has 3 rings (SSSR count). The molecule has 0 saturated carbocycles. The Morgan fingerprint density at radius 2 is 1.89 bits per heavy atom. The molecule has 0 saturated heterocycles. The van der Waals surface area contributed by atoms with Crippen LogP contribution in [0, 0.1) is 13.8 Å². The second-order valence-electron chi connectivity index (χ2n) is 6.80. The molecule has 0 bridgehead atoms. The summed E-state index contributed by atoms with van der Waals surface area (Å²) in [6.45, 7) is 12.4. The number of fused-ring (bicyclic) bond motifs is 1. The van der Waals surface area contributed by atoms with Crippen LogP contribution < -0.4 is 10.6 Å². The van der Waals surface area contributed by atoms with E-state index in [2.05, 4.69) is 71.5 Å². The molecular weight excluding hydrogens is 338 g/mol. The molecule has 0 amide bonds. The average Bonchev–Trinajstić information content (AvgIpc) is 3.02. The zero-order chi connectivity index (χ0) is 19.4. The van der Waals surface area contributed by atoms with Crippen LogP contribution in [0.15, 0.2) is 24.4 Å². The van der Waals surface area contributed by atoms with Gasteiger partial charge in [-0.05, 0) is 38.6 Å². The van der Waals surface area contributed by atoms with Crippen LogP contribution in [0.1, 0.15) is 25.0 Å². The Balaban J connectivity index is 1.87. The van der Waals surface area contributed by atoms with Gasteiger partial charge in [0.1, 0.15) is 5.82 Å². The number of aromatic nitrogens is 4. The smallest absolute Gasteiger partial charge is 0.226 e. The molecule has 0 spiro atoms. The molecule has 2 aromatic heterocycles. The molecule has 2 heterocycles. The quantitative estimate of drug-likeness (QED) is 0.635. The standard InChI is InChI=1S/C20H29N7/c1-6-27(7-2)11-10-21-20-24-18(16-13-22-26(5)19(16)25-20)23-17-9-8-14(3)12-15(17)4/h8-9,12-13H,6-7,10-11H2,1-5H3,(H2,21,23,24,25). The molecule has 1 aromatic carbocycles. The van der Waals surface area contributed by atoms with Crippen molar-refractivity contribution in [3.63, 3.8) is 0 Å². The average molecular weight is 368 g/mol. The first-order chi connectivity index (χ1) is 13.0. The molecule has 27 heavy (non-hydrogen) atoms. The zero-order valence-electron chi connectivity index (χ0n) is 16.9. The van der Waals surface area contributed by atoms with Gasteiger partial charge in [-0.1, -0.05) is 31.5 Å². The summed E-state index contributed by atoms with van der Waals surface area (Å²) in [4.78, 5) is 11.7. The first kappa shape index (κ1) is 19.1. The second-order valence-corrected chi connectivity index (χ2v) is 6.80. The number of hydrogen-bond acceptors (Lipinski definition) is 6. The van der Waals surface area contributed by atoms with Gasteiger partial charge in [0.25, 0.3) is 0 Å². The van der Waals surface area contributed by atoms with Crippen molar-refractivity contribution in [1.29, 1.82) is 0 Å². The molecule has 0 unspecified atom stereocenters. The van der Waals surface area contributed by atoms with Gasteiger partial charge in [0.2, 0.25) is 5.95 Å². The summed E-state index contributed by atoms with van der Waals surface area (Å²) in [5.41, 5.74) is 4.27. The third-order valence-corrected chi connectivity index (χ3v) is 4.83. The highest BCUT2D eigenvalue weighted by Gasteiger charge is 2.13. The SMILES string of the molecule is CCN(CC)CCNc1nc(Nc2ccc(C)cc2C)c2cnn(C)c2n1. The highest BCUT2D eigenvalue weighted by Crippen LogP contribution is 2.26. The van der Waals surface area contributed by atoms with Gasteiger partial charge in [-0.2, -0.15) is 15.1 Å². The third-order valence-electron chi connectivity index (χ3n) is 4.83. The number of likely N-dealkylation sites (N-methyl/N-ethyl adjacent to an activating group) is 1. The van der Waals surface area contributed by atoms with Gasteiger partial charge in [0.15, 0.2) is 5.65 Å². The maximum Gasteiger partial charge on any atom is 0.226 e. The third kappa shape index (κ3) is 4.36. The van der Waals surface area contributed by atoms with Crippen molar-refractivity contribution >= 4 is 28.5 Å². The first-order valence-electron chi connectivity index (χ1n) is 9.52. The number of benzene rings is 1. The lowest BCUT2D eigenvalue weighted by Crippen LogP contribution is -2.29. The van der Waals surface area contributed by atoms with Crippen molar-refractivity contribution in [3.8, 4) is 0 Å². The van der Waals surface area contributed by atoms with Crippen LogP contribution in [-0.4, -0.2) is 50.8 Å². The number of nitrogens with one attached hydrogen (secondary N) is 2. The number of anilines is 3. The minimum atomic E-state index is 0.616. The fourth-order valence-corrected chi connectivity index (χ4v) is 3.14. The van der Waals surface area contributed by atoms with E-state index in [1.165, 1.54) is 11.1 Å². The van der Waals surface area contributed by atoms with E-state index < -0.39 is 0 Å². The Morgan fingerprint density at radius 1 is 1.11 bits per heavy atom. The Hall–Kier alpha value is -2.67. The largest absolute Gasteiger partial charge is 0.353 e. The highest BCUT2D eigenvalue weighted by molar-refractivity contribution is 5.89. The van der Waals surface area contributed by atoms with Crippen molar-refractivity contribution in [2.75, 3.05) is 36.8 Å². The predicted octanol–water partition coefficient (Wildman–Crippen LogP) is 3.48. The maximum absolute atomic E-state index is 4.72. The number of nitrogens with zero attached hydrogens (tertiary/aromatic N) is 5. The molecule has 3 aromatic rings. The first-order valence-corrected chi connectivity index (χ1v) is 9.52. The fraction of sp³-hybridized carbons (Fsp3) is 0.450. The second kappa shape index (κ2) is 8.35. The van der Waals surface area contributed by atoms with Crippen LogP contribution in [-0.2, 0) is 7.05 Å². The van der Waals surface area contributed by atoms with E-state index >= 15 is 0 Å². The van der Waals surface area contributed by atoms with Crippen LogP contribution in [0.25, 0.3) is 11.0 Å². The Morgan fingerprint density at radius 3 is 2.59 bits per heavy atom. The van der Waals surface area contributed by atoms with E-state index in [4.69, 9.17) is 4.98 Å². The minimum Gasteiger partial charge on any atom is -0.353 e. The van der Waals surface area contributed by atoms with Crippen molar-refractivity contribution < 1.29 is 0 Å². The van der Waals surface area contributed by atoms with Gasteiger partial charge in [-0.25, -0.2) is 0 Å². The number of aryl methyl sites for hydroxylation is 3. The maximum atomic E-state index is 4.72. The summed E-state index contributed by atoms with van der Waals surface area (Å²) in [5, 5.41) is 12.1. The van der Waals surface area contributed by atoms with Crippen LogP contribution in [0.2, 0.25) is 0 Å². The van der Waals surface area contributed by atoms with E-state index in [0.717, 1.165) is 48.7 Å². The van der Waals surface area contributed by atoms with Crippen LogP contribution in [0.4, 0.5) is 17.5 Å². The molecule has 0 aliphatic rings. The van der Waals surface area contributed by atoms with E-state index in [-0.39, 0.29) is 0 Å². The van der Waals surface area contributed by atoms with Crippen molar-refractivity contribution in [2.45, 2.75) is 27.7 Å². The number of hydrogen-bond donors (Lipinski definition) is 2. The van der Waals surface area contributed by atoms with Crippen LogP contribution in [0.3, 0.4) is 0 Å². The van der Waals surface area contributed by atoms with Gasteiger partial charge in [0.05, 0.1) is 11.6 Å². The summed E-state index contributed by atoms with van der Waals surface area (Å²) in [5.74, 6) is 1.39. The molecule has 144 valence electrons. The highest BCUT2D eigenvalue weighted by atomic mass is 15.3. The number of rotatable bonds is 8. The molecule has 0 aliphatic carbocycles. The fourth-order valence-electron chi connectivity index (χ4n) is 3.14. The van der Waals surface area contributed by atoms with Gasteiger partial charge < -0.3 is 15.5 Å². The molecule has 0 aliphatic heterocycles. The minimum absolute atomic E-state index is 0.616. The Bertz CT molecular complexity index is 912. The van der Waals surface area contributed by atoms with Gasteiger partial charge in [-0.3, -0.25) is 4.68 Å². The lowest BCUT2D eigenvalue weighted by molar-refractivity contribution is 0.316. The Labute approximate surface area is 160 Å². The summed E-state index contributed by atoms with van der Waals surface area (Å²) in [6, 6.07) is 6.34. The lowest BCUT2D eigenvalue weighted by Gasteiger charge is -2.18. The van der Waals surface area contributed by atoms with Crippen LogP contribution >= 0.6 is 0 Å². The molecule has 2 N–H and O–H groups in total. The molecule has 7 heteroatoms. The van der Waals surface area contributed by atoms with Gasteiger partial charge in [-0.15, -0.1) is 0 Å². The van der Waals surface area contributed by atoms with Gasteiger partial charge in [0, 0.05) is 25.8 Å². The zero-order valence-corrected chi connectivity index (χ0v) is 16.9. The summed E-state index contributed by atoms with van der Waals surface area (Å²) >= 11 is 0. The van der Waals surface area contributed by atoms with E-state index in [1.807, 2.05) is 7.05 Å². The molecule has 7 nitrogen and oxygen atoms in total. The topological polar surface area (TPSA) is 70.9 Å².